The largest absolute Gasteiger partial charge is 0.356 e. The van der Waals surface area contributed by atoms with Crippen molar-refractivity contribution in [2.75, 3.05) is 23.4 Å². The van der Waals surface area contributed by atoms with Crippen LogP contribution >= 0.6 is 0 Å². The van der Waals surface area contributed by atoms with Crippen molar-refractivity contribution >= 4 is 11.6 Å². The summed E-state index contributed by atoms with van der Waals surface area (Å²) in [7, 11) is 0. The van der Waals surface area contributed by atoms with Crippen LogP contribution in [0, 0.1) is 11.8 Å². The summed E-state index contributed by atoms with van der Waals surface area (Å²) in [5, 5.41) is 0. The molecule has 2 heterocycles. The quantitative estimate of drug-likeness (QED) is 0.590. The van der Waals surface area contributed by atoms with E-state index in [4.69, 9.17) is 5.84 Å². The summed E-state index contributed by atoms with van der Waals surface area (Å²) in [4.78, 5) is 6.80. The molecule has 1 aromatic heterocycles. The highest BCUT2D eigenvalue weighted by Gasteiger charge is 2.23. The molecule has 0 saturated carbocycles. The van der Waals surface area contributed by atoms with Crippen LogP contribution in [0.15, 0.2) is 18.2 Å². The van der Waals surface area contributed by atoms with E-state index in [0.717, 1.165) is 36.6 Å². The molecule has 0 aliphatic carbocycles. The van der Waals surface area contributed by atoms with Crippen LogP contribution in [0.5, 0.6) is 0 Å². The first kappa shape index (κ1) is 11.2. The lowest BCUT2D eigenvalue weighted by Gasteiger charge is -2.36. The van der Waals surface area contributed by atoms with Gasteiger partial charge in [0.25, 0.3) is 0 Å². The van der Waals surface area contributed by atoms with Crippen LogP contribution in [0.2, 0.25) is 0 Å². The molecule has 0 bridgehead atoms. The average Bonchev–Trinajstić information content (AvgIpc) is 2.33. The molecule has 3 N–H and O–H groups in total. The topological polar surface area (TPSA) is 54.2 Å². The number of nitrogens with two attached hydrogens (primary N) is 1. The van der Waals surface area contributed by atoms with Gasteiger partial charge in [0.15, 0.2) is 0 Å². The number of nitrogens with zero attached hydrogens (tertiary/aromatic N) is 2. The van der Waals surface area contributed by atoms with E-state index < -0.39 is 0 Å². The fourth-order valence-electron chi connectivity index (χ4n) is 2.15. The molecule has 0 aromatic carbocycles. The van der Waals surface area contributed by atoms with Gasteiger partial charge in [-0.15, -0.1) is 0 Å². The Labute approximate surface area is 96.8 Å². The van der Waals surface area contributed by atoms with E-state index in [0.29, 0.717) is 0 Å². The van der Waals surface area contributed by atoms with Crippen molar-refractivity contribution < 1.29 is 0 Å². The number of piperidine rings is 1. The second-order valence-corrected chi connectivity index (χ2v) is 4.71. The Kier molecular flexibility index (Phi) is 3.29. The Morgan fingerprint density at radius 3 is 2.88 bits per heavy atom. The third-order valence-electron chi connectivity index (χ3n) is 3.54. The minimum atomic E-state index is 0.726. The van der Waals surface area contributed by atoms with Gasteiger partial charge in [-0.1, -0.05) is 19.9 Å². The Bertz CT molecular complexity index is 353. The zero-order chi connectivity index (χ0) is 11.5. The maximum Gasteiger partial charge on any atom is 0.142 e. The summed E-state index contributed by atoms with van der Waals surface area (Å²) >= 11 is 0. The molecule has 4 heteroatoms. The Balaban J connectivity index is 2.12. The molecular weight excluding hydrogens is 200 g/mol. The Morgan fingerprint density at radius 2 is 2.19 bits per heavy atom. The number of nitrogen functional groups attached to an aromatic ring is 1. The average molecular weight is 220 g/mol. The van der Waals surface area contributed by atoms with Crippen LogP contribution in [0.4, 0.5) is 11.6 Å². The fraction of sp³-hybridized carbons (Fsp3) is 0.583. The van der Waals surface area contributed by atoms with Crippen LogP contribution in [0.1, 0.15) is 20.3 Å². The van der Waals surface area contributed by atoms with E-state index in [1.54, 1.807) is 0 Å². The lowest BCUT2D eigenvalue weighted by Crippen LogP contribution is -2.38. The highest BCUT2D eigenvalue weighted by atomic mass is 15.3. The number of hydrogen-bond donors (Lipinski definition) is 2. The van der Waals surface area contributed by atoms with E-state index in [-0.39, 0.29) is 0 Å². The van der Waals surface area contributed by atoms with Gasteiger partial charge in [0.1, 0.15) is 11.6 Å². The molecule has 1 aliphatic rings. The molecule has 0 radical (unpaired) electrons. The van der Waals surface area contributed by atoms with Crippen LogP contribution in [-0.2, 0) is 0 Å². The SMILES string of the molecule is CC1CCN(c2cccc(NN)n2)CC1C. The van der Waals surface area contributed by atoms with E-state index in [1.807, 2.05) is 18.2 Å². The summed E-state index contributed by atoms with van der Waals surface area (Å²) in [5.74, 6) is 8.65. The van der Waals surface area contributed by atoms with Crippen molar-refractivity contribution in [3.05, 3.63) is 18.2 Å². The number of aromatic nitrogens is 1. The first-order valence-corrected chi connectivity index (χ1v) is 5.89. The van der Waals surface area contributed by atoms with Gasteiger partial charge < -0.3 is 10.3 Å². The molecule has 0 amide bonds. The maximum absolute atomic E-state index is 5.37. The zero-order valence-corrected chi connectivity index (χ0v) is 9.98. The number of rotatable bonds is 2. The van der Waals surface area contributed by atoms with Crippen LogP contribution in [0.25, 0.3) is 0 Å². The molecule has 4 nitrogen and oxygen atoms in total. The lowest BCUT2D eigenvalue weighted by atomic mass is 9.89. The number of pyridine rings is 1. The van der Waals surface area contributed by atoms with Crippen LogP contribution in [-0.4, -0.2) is 18.1 Å². The molecule has 0 spiro atoms. The van der Waals surface area contributed by atoms with Gasteiger partial charge in [0.05, 0.1) is 0 Å². The minimum absolute atomic E-state index is 0.726. The summed E-state index contributed by atoms with van der Waals surface area (Å²) in [6.45, 7) is 6.81. The minimum Gasteiger partial charge on any atom is -0.356 e. The standard InChI is InChI=1S/C12H20N4/c1-9-6-7-16(8-10(9)2)12-5-3-4-11(14-12)15-13/h3-5,9-10H,6-8,13H2,1-2H3,(H,14,15). The van der Waals surface area contributed by atoms with Gasteiger partial charge in [0, 0.05) is 13.1 Å². The first-order chi connectivity index (χ1) is 7.70. The summed E-state index contributed by atoms with van der Waals surface area (Å²) in [6, 6.07) is 5.91. The molecule has 2 rings (SSSR count). The van der Waals surface area contributed by atoms with Crippen molar-refractivity contribution in [2.24, 2.45) is 17.7 Å². The van der Waals surface area contributed by atoms with Crippen molar-refractivity contribution in [3.8, 4) is 0 Å². The molecule has 88 valence electrons. The van der Waals surface area contributed by atoms with E-state index in [1.165, 1.54) is 6.42 Å². The van der Waals surface area contributed by atoms with Crippen molar-refractivity contribution in [2.45, 2.75) is 20.3 Å². The molecule has 1 fully saturated rings. The van der Waals surface area contributed by atoms with Gasteiger partial charge >= 0.3 is 0 Å². The van der Waals surface area contributed by atoms with Gasteiger partial charge in [-0.2, -0.15) is 0 Å². The van der Waals surface area contributed by atoms with Gasteiger partial charge in [-0.25, -0.2) is 10.8 Å². The molecule has 1 aromatic rings. The Hall–Kier alpha value is -1.29. The second-order valence-electron chi connectivity index (χ2n) is 4.71. The molecule has 1 saturated heterocycles. The molecule has 16 heavy (non-hydrogen) atoms. The van der Waals surface area contributed by atoms with Crippen molar-refractivity contribution in [3.63, 3.8) is 0 Å². The number of hydrazine groups is 1. The van der Waals surface area contributed by atoms with E-state index in [2.05, 4.69) is 29.2 Å². The van der Waals surface area contributed by atoms with E-state index >= 15 is 0 Å². The van der Waals surface area contributed by atoms with Crippen molar-refractivity contribution in [1.29, 1.82) is 0 Å². The van der Waals surface area contributed by atoms with E-state index in [9.17, 15) is 0 Å². The predicted octanol–water partition coefficient (Wildman–Crippen LogP) is 1.85. The molecule has 2 atom stereocenters. The number of hydrogen-bond acceptors (Lipinski definition) is 4. The lowest BCUT2D eigenvalue weighted by molar-refractivity contribution is 0.323. The molecular formula is C12H20N4. The van der Waals surface area contributed by atoms with Gasteiger partial charge in [0.2, 0.25) is 0 Å². The van der Waals surface area contributed by atoms with Gasteiger partial charge in [-0.3, -0.25) is 0 Å². The fourth-order valence-corrected chi connectivity index (χ4v) is 2.15. The predicted molar refractivity (Wildman–Crippen MR) is 67.2 cm³/mol. The summed E-state index contributed by atoms with van der Waals surface area (Å²) in [6.07, 6.45) is 1.24. The third kappa shape index (κ3) is 2.27. The molecule has 1 aliphatic heterocycles. The first-order valence-electron chi connectivity index (χ1n) is 5.89. The maximum atomic E-state index is 5.37. The number of nitrogens with one attached hydrogen (secondary N) is 1. The van der Waals surface area contributed by atoms with Crippen LogP contribution < -0.4 is 16.2 Å². The molecule has 2 unspecified atom stereocenters. The third-order valence-corrected chi connectivity index (χ3v) is 3.54. The smallest absolute Gasteiger partial charge is 0.142 e. The summed E-state index contributed by atoms with van der Waals surface area (Å²) in [5.41, 5.74) is 2.59. The number of anilines is 2. The zero-order valence-electron chi connectivity index (χ0n) is 9.98. The highest BCUT2D eigenvalue weighted by molar-refractivity contribution is 5.46. The van der Waals surface area contributed by atoms with Crippen LogP contribution in [0.3, 0.4) is 0 Å². The second kappa shape index (κ2) is 4.70. The van der Waals surface area contributed by atoms with Crippen molar-refractivity contribution in [1.82, 2.24) is 4.98 Å². The highest BCUT2D eigenvalue weighted by Crippen LogP contribution is 2.26. The Morgan fingerprint density at radius 1 is 1.38 bits per heavy atom. The monoisotopic (exact) mass is 220 g/mol. The normalized spacial score (nSPS) is 25.6. The van der Waals surface area contributed by atoms with Gasteiger partial charge in [-0.05, 0) is 30.4 Å². The summed E-state index contributed by atoms with van der Waals surface area (Å²) < 4.78 is 0.